The summed E-state index contributed by atoms with van der Waals surface area (Å²) in [4.78, 5) is 19.4. The van der Waals surface area contributed by atoms with Gasteiger partial charge in [0.25, 0.3) is 0 Å². The average molecular weight is 345 g/mol. The number of aryl methyl sites for hydroxylation is 1. The van der Waals surface area contributed by atoms with Gasteiger partial charge in [0.05, 0.1) is 0 Å². The van der Waals surface area contributed by atoms with Crippen LogP contribution < -0.4 is 10.6 Å². The molecular weight excluding hydrogens is 314 g/mol. The summed E-state index contributed by atoms with van der Waals surface area (Å²) in [7, 11) is 0. The summed E-state index contributed by atoms with van der Waals surface area (Å²) in [5, 5.41) is 6.36. The number of hydrogen-bond donors (Lipinski definition) is 2. The van der Waals surface area contributed by atoms with E-state index in [2.05, 4.69) is 25.1 Å². The van der Waals surface area contributed by atoms with Crippen molar-refractivity contribution in [3.8, 4) is 0 Å². The van der Waals surface area contributed by atoms with Gasteiger partial charge < -0.3 is 20.1 Å². The number of urea groups is 1. The number of likely N-dealkylation sites (tertiary alicyclic amines) is 1. The van der Waals surface area contributed by atoms with Gasteiger partial charge >= 0.3 is 6.03 Å². The smallest absolute Gasteiger partial charge is 0.315 e. The van der Waals surface area contributed by atoms with Crippen LogP contribution in [0.3, 0.4) is 0 Å². The van der Waals surface area contributed by atoms with Crippen LogP contribution >= 0.6 is 0 Å². The largest absolute Gasteiger partial charge is 0.335 e. The van der Waals surface area contributed by atoms with Crippen molar-refractivity contribution < 1.29 is 4.79 Å². The number of carbonyl (C=O) groups is 1. The molecule has 1 atom stereocenters. The third kappa shape index (κ3) is 4.17. The van der Waals surface area contributed by atoms with E-state index >= 15 is 0 Å². The number of fused-ring (bicyclic) bond motifs is 1. The van der Waals surface area contributed by atoms with E-state index in [0.717, 1.165) is 57.2 Å². The highest BCUT2D eigenvalue weighted by Gasteiger charge is 2.27. The maximum atomic E-state index is 12.3. The zero-order valence-electron chi connectivity index (χ0n) is 15.1. The minimum Gasteiger partial charge on any atom is -0.335 e. The first-order chi connectivity index (χ1) is 12.3. The number of aromatic nitrogens is 2. The van der Waals surface area contributed by atoms with Crippen LogP contribution in [0, 0.1) is 0 Å². The number of nitrogens with zero attached hydrogens (tertiary/aromatic N) is 3. The Hall–Kier alpha value is -1.56. The number of rotatable bonds is 3. The molecule has 1 saturated heterocycles. The zero-order chi connectivity index (χ0) is 17.1. The first-order valence-electron chi connectivity index (χ1n) is 10.1. The minimum absolute atomic E-state index is 0.00104. The number of nitrogens with one attached hydrogen (secondary N) is 2. The highest BCUT2D eigenvalue weighted by Crippen LogP contribution is 2.25. The van der Waals surface area contributed by atoms with Gasteiger partial charge in [0.1, 0.15) is 5.82 Å². The van der Waals surface area contributed by atoms with Crippen molar-refractivity contribution in [2.45, 2.75) is 82.5 Å². The second-order valence-corrected chi connectivity index (χ2v) is 7.95. The maximum Gasteiger partial charge on any atom is 0.315 e. The summed E-state index contributed by atoms with van der Waals surface area (Å²) < 4.78 is 2.18. The molecule has 1 aromatic rings. The first kappa shape index (κ1) is 16.9. The third-order valence-corrected chi connectivity index (χ3v) is 6.24. The lowest BCUT2D eigenvalue weighted by atomic mass is 9.92. The second kappa shape index (κ2) is 7.77. The minimum atomic E-state index is 0.00104. The maximum absolute atomic E-state index is 12.3. The number of piperidine rings is 1. The molecule has 6 nitrogen and oxygen atoms in total. The lowest BCUT2D eigenvalue weighted by Gasteiger charge is -2.39. The molecule has 2 N–H and O–H groups in total. The van der Waals surface area contributed by atoms with Crippen LogP contribution in [0.5, 0.6) is 0 Å². The molecular formula is C19H31N5O. The summed E-state index contributed by atoms with van der Waals surface area (Å²) in [6, 6.07) is 1.33. The van der Waals surface area contributed by atoms with Crippen LogP contribution in [0.2, 0.25) is 0 Å². The first-order valence-corrected chi connectivity index (χ1v) is 10.1. The summed E-state index contributed by atoms with van der Waals surface area (Å²) in [5.74, 6) is 1.08. The average Bonchev–Trinajstić information content (AvgIpc) is 3.11. The Bertz CT molecular complexity index is 572. The molecule has 1 unspecified atom stereocenters. The van der Waals surface area contributed by atoms with Gasteiger partial charge in [0, 0.05) is 56.6 Å². The number of imidazole rings is 1. The highest BCUT2D eigenvalue weighted by atomic mass is 16.2. The molecule has 1 aromatic heterocycles. The van der Waals surface area contributed by atoms with E-state index in [-0.39, 0.29) is 12.1 Å². The predicted octanol–water partition coefficient (Wildman–Crippen LogP) is 2.29. The quantitative estimate of drug-likeness (QED) is 0.884. The van der Waals surface area contributed by atoms with Gasteiger partial charge in [-0.05, 0) is 32.1 Å². The molecule has 4 rings (SSSR count). The molecule has 138 valence electrons. The molecule has 1 saturated carbocycles. The molecule has 0 spiro atoms. The van der Waals surface area contributed by atoms with Crippen LogP contribution in [0.4, 0.5) is 4.79 Å². The molecule has 2 amide bonds. The lowest BCUT2D eigenvalue weighted by Crippen LogP contribution is -2.52. The molecule has 1 aliphatic carbocycles. The molecule has 25 heavy (non-hydrogen) atoms. The SMILES string of the molecule is O=C(NC1CCN(C2CCCCC2)CC1)NC1CCn2ccnc2C1. The Kier molecular flexibility index (Phi) is 5.25. The second-order valence-electron chi connectivity index (χ2n) is 7.95. The number of carbonyl (C=O) groups excluding carboxylic acids is 1. The van der Waals surface area contributed by atoms with Crippen molar-refractivity contribution in [3.05, 3.63) is 18.2 Å². The molecule has 3 heterocycles. The van der Waals surface area contributed by atoms with Gasteiger partial charge in [-0.3, -0.25) is 0 Å². The summed E-state index contributed by atoms with van der Waals surface area (Å²) in [6.07, 6.45) is 14.8. The van der Waals surface area contributed by atoms with Crippen molar-refractivity contribution in [2.75, 3.05) is 13.1 Å². The van der Waals surface area contributed by atoms with Crippen LogP contribution in [0.1, 0.15) is 57.2 Å². The Morgan fingerprint density at radius 2 is 1.68 bits per heavy atom. The van der Waals surface area contributed by atoms with E-state index in [9.17, 15) is 4.79 Å². The zero-order valence-corrected chi connectivity index (χ0v) is 15.1. The van der Waals surface area contributed by atoms with E-state index in [1.165, 1.54) is 32.1 Å². The Balaban J connectivity index is 1.19. The van der Waals surface area contributed by atoms with Crippen LogP contribution in [0.25, 0.3) is 0 Å². The molecule has 0 radical (unpaired) electrons. The normalized spacial score (nSPS) is 26.2. The van der Waals surface area contributed by atoms with Gasteiger partial charge in [0.15, 0.2) is 0 Å². The number of hydrogen-bond acceptors (Lipinski definition) is 3. The monoisotopic (exact) mass is 345 g/mol. The molecule has 2 fully saturated rings. The Morgan fingerprint density at radius 1 is 0.960 bits per heavy atom. The summed E-state index contributed by atoms with van der Waals surface area (Å²) in [5.41, 5.74) is 0. The molecule has 2 aliphatic heterocycles. The van der Waals surface area contributed by atoms with Gasteiger partial charge in [0.2, 0.25) is 0 Å². The summed E-state index contributed by atoms with van der Waals surface area (Å²) >= 11 is 0. The van der Waals surface area contributed by atoms with E-state index in [0.29, 0.717) is 6.04 Å². The van der Waals surface area contributed by atoms with Gasteiger partial charge in [-0.1, -0.05) is 19.3 Å². The van der Waals surface area contributed by atoms with Gasteiger partial charge in [-0.15, -0.1) is 0 Å². The van der Waals surface area contributed by atoms with Crippen molar-refractivity contribution in [3.63, 3.8) is 0 Å². The molecule has 3 aliphatic rings. The van der Waals surface area contributed by atoms with E-state index < -0.39 is 0 Å². The Labute approximate surface area is 150 Å². The highest BCUT2D eigenvalue weighted by molar-refractivity contribution is 5.74. The van der Waals surface area contributed by atoms with E-state index in [1.807, 2.05) is 12.4 Å². The number of amides is 2. The van der Waals surface area contributed by atoms with Crippen molar-refractivity contribution in [2.24, 2.45) is 0 Å². The molecule has 0 bridgehead atoms. The lowest BCUT2D eigenvalue weighted by molar-refractivity contribution is 0.117. The standard InChI is InChI=1S/C19H31N5O/c25-19(22-16-8-12-24-13-9-20-18(24)14-16)21-15-6-10-23(11-7-15)17-4-2-1-3-5-17/h9,13,15-17H,1-8,10-12,14H2,(H2,21,22,25). The van der Waals surface area contributed by atoms with Crippen LogP contribution in [0.15, 0.2) is 12.4 Å². The fourth-order valence-corrected chi connectivity index (χ4v) is 4.74. The van der Waals surface area contributed by atoms with Gasteiger partial charge in [-0.25, -0.2) is 9.78 Å². The summed E-state index contributed by atoms with van der Waals surface area (Å²) in [6.45, 7) is 3.22. The molecule has 0 aromatic carbocycles. The van der Waals surface area contributed by atoms with Crippen LogP contribution in [-0.2, 0) is 13.0 Å². The predicted molar refractivity (Wildman–Crippen MR) is 97.5 cm³/mol. The Morgan fingerprint density at radius 3 is 2.48 bits per heavy atom. The van der Waals surface area contributed by atoms with Crippen LogP contribution in [-0.4, -0.2) is 51.7 Å². The topological polar surface area (TPSA) is 62.2 Å². The van der Waals surface area contributed by atoms with E-state index in [4.69, 9.17) is 0 Å². The van der Waals surface area contributed by atoms with Gasteiger partial charge in [-0.2, -0.15) is 0 Å². The molecule has 6 heteroatoms. The van der Waals surface area contributed by atoms with Crippen molar-refractivity contribution >= 4 is 6.03 Å². The fraction of sp³-hybridized carbons (Fsp3) is 0.789. The third-order valence-electron chi connectivity index (χ3n) is 6.24. The van der Waals surface area contributed by atoms with Crippen molar-refractivity contribution in [1.29, 1.82) is 0 Å². The fourth-order valence-electron chi connectivity index (χ4n) is 4.74. The van der Waals surface area contributed by atoms with E-state index in [1.54, 1.807) is 0 Å². The van der Waals surface area contributed by atoms with Crippen molar-refractivity contribution in [1.82, 2.24) is 25.1 Å².